The van der Waals surface area contributed by atoms with Crippen molar-refractivity contribution in [2.45, 2.75) is 39.8 Å². The van der Waals surface area contributed by atoms with Gasteiger partial charge in [-0.3, -0.25) is 4.90 Å². The van der Waals surface area contributed by atoms with Gasteiger partial charge in [0.25, 0.3) is 0 Å². The van der Waals surface area contributed by atoms with Crippen LogP contribution in [-0.4, -0.2) is 29.0 Å². The van der Waals surface area contributed by atoms with E-state index in [1.807, 2.05) is 13.8 Å². The highest BCUT2D eigenvalue weighted by Crippen LogP contribution is 2.18. The molecule has 2 N–H and O–H groups in total. The second-order valence-corrected chi connectivity index (χ2v) is 4.91. The van der Waals surface area contributed by atoms with Gasteiger partial charge in [-0.05, 0) is 32.7 Å². The smallest absolute Gasteiger partial charge is 0.208 e. The van der Waals surface area contributed by atoms with Gasteiger partial charge in [0.2, 0.25) is 5.89 Å². The van der Waals surface area contributed by atoms with Crippen LogP contribution >= 0.6 is 0 Å². The average Bonchev–Trinajstić information content (AvgIpc) is 2.52. The molecule has 1 aliphatic heterocycles. The Kier molecular flexibility index (Phi) is 3.30. The molecule has 0 amide bonds. The van der Waals surface area contributed by atoms with Crippen molar-refractivity contribution >= 4 is 0 Å². The molecule has 2 rings (SSSR count). The molecule has 1 aromatic rings. The molecule has 2 atom stereocenters. The molecule has 4 heteroatoms. The van der Waals surface area contributed by atoms with Gasteiger partial charge in [-0.15, -0.1) is 0 Å². The SMILES string of the molecule is Cc1nc(CN2CCC(C)C(N)C2)oc1C. The molecule has 2 unspecified atom stereocenters. The highest BCUT2D eigenvalue weighted by atomic mass is 16.4. The fraction of sp³-hybridized carbons (Fsp3) is 0.750. The Morgan fingerprint density at radius 2 is 2.25 bits per heavy atom. The van der Waals surface area contributed by atoms with E-state index in [2.05, 4.69) is 16.8 Å². The molecule has 1 saturated heterocycles. The molecular weight excluding hydrogens is 202 g/mol. The Morgan fingerprint density at radius 1 is 1.50 bits per heavy atom. The first-order chi connectivity index (χ1) is 7.56. The van der Waals surface area contributed by atoms with Crippen LogP contribution in [0.2, 0.25) is 0 Å². The lowest BCUT2D eigenvalue weighted by Crippen LogP contribution is -2.47. The lowest BCUT2D eigenvalue weighted by atomic mass is 9.94. The van der Waals surface area contributed by atoms with E-state index in [1.165, 1.54) is 6.42 Å². The van der Waals surface area contributed by atoms with Crippen LogP contribution in [0.25, 0.3) is 0 Å². The molecule has 4 nitrogen and oxygen atoms in total. The maximum absolute atomic E-state index is 6.06. The summed E-state index contributed by atoms with van der Waals surface area (Å²) in [7, 11) is 0. The van der Waals surface area contributed by atoms with Crippen molar-refractivity contribution in [1.82, 2.24) is 9.88 Å². The van der Waals surface area contributed by atoms with E-state index in [4.69, 9.17) is 10.2 Å². The maximum atomic E-state index is 6.06. The highest BCUT2D eigenvalue weighted by Gasteiger charge is 2.24. The molecule has 1 aliphatic rings. The predicted octanol–water partition coefficient (Wildman–Crippen LogP) is 1.46. The molecule has 16 heavy (non-hydrogen) atoms. The number of aryl methyl sites for hydroxylation is 2. The van der Waals surface area contributed by atoms with Crippen LogP contribution in [0.15, 0.2) is 4.42 Å². The van der Waals surface area contributed by atoms with Crippen LogP contribution in [0.1, 0.15) is 30.7 Å². The van der Waals surface area contributed by atoms with Gasteiger partial charge in [0, 0.05) is 12.6 Å². The summed E-state index contributed by atoms with van der Waals surface area (Å²) in [5.74, 6) is 2.37. The molecule has 1 fully saturated rings. The zero-order chi connectivity index (χ0) is 11.7. The third kappa shape index (κ3) is 2.44. The van der Waals surface area contributed by atoms with Crippen LogP contribution in [0.3, 0.4) is 0 Å². The van der Waals surface area contributed by atoms with E-state index < -0.39 is 0 Å². The third-order valence-corrected chi connectivity index (χ3v) is 3.53. The molecule has 0 aliphatic carbocycles. The number of rotatable bonds is 2. The Labute approximate surface area is 96.8 Å². The van der Waals surface area contributed by atoms with Crippen LogP contribution in [-0.2, 0) is 6.54 Å². The summed E-state index contributed by atoms with van der Waals surface area (Å²) in [4.78, 5) is 6.73. The van der Waals surface area contributed by atoms with Crippen LogP contribution in [0.5, 0.6) is 0 Å². The number of likely N-dealkylation sites (tertiary alicyclic amines) is 1. The highest BCUT2D eigenvalue weighted by molar-refractivity contribution is 5.05. The Balaban J connectivity index is 1.95. The molecule has 90 valence electrons. The summed E-state index contributed by atoms with van der Waals surface area (Å²) in [6.07, 6.45) is 1.17. The zero-order valence-electron chi connectivity index (χ0n) is 10.4. The first kappa shape index (κ1) is 11.6. The van der Waals surface area contributed by atoms with Gasteiger partial charge in [-0.25, -0.2) is 4.98 Å². The Hall–Kier alpha value is -0.870. The molecule has 1 aromatic heterocycles. The third-order valence-electron chi connectivity index (χ3n) is 3.53. The van der Waals surface area contributed by atoms with Gasteiger partial charge in [0.05, 0.1) is 12.2 Å². The molecule has 0 spiro atoms. The molecule has 0 radical (unpaired) electrons. The average molecular weight is 223 g/mol. The quantitative estimate of drug-likeness (QED) is 0.824. The fourth-order valence-electron chi connectivity index (χ4n) is 2.11. The summed E-state index contributed by atoms with van der Waals surface area (Å²) < 4.78 is 5.59. The summed E-state index contributed by atoms with van der Waals surface area (Å²) >= 11 is 0. The van der Waals surface area contributed by atoms with Gasteiger partial charge in [-0.2, -0.15) is 0 Å². The van der Waals surface area contributed by atoms with Crippen LogP contribution < -0.4 is 5.73 Å². The number of piperidine rings is 1. The van der Waals surface area contributed by atoms with E-state index in [1.54, 1.807) is 0 Å². The van der Waals surface area contributed by atoms with E-state index in [0.29, 0.717) is 5.92 Å². The van der Waals surface area contributed by atoms with Gasteiger partial charge in [-0.1, -0.05) is 6.92 Å². The first-order valence-electron chi connectivity index (χ1n) is 5.97. The van der Waals surface area contributed by atoms with Gasteiger partial charge >= 0.3 is 0 Å². The second-order valence-electron chi connectivity index (χ2n) is 4.91. The van der Waals surface area contributed by atoms with Crippen molar-refractivity contribution in [1.29, 1.82) is 0 Å². The van der Waals surface area contributed by atoms with E-state index >= 15 is 0 Å². The summed E-state index contributed by atoms with van der Waals surface area (Å²) in [6.45, 7) is 8.98. The van der Waals surface area contributed by atoms with Crippen molar-refractivity contribution in [2.24, 2.45) is 11.7 Å². The standard InChI is InChI=1S/C12H21N3O/c1-8-4-5-15(6-11(8)13)7-12-14-9(2)10(3)16-12/h8,11H,4-7,13H2,1-3H3. The van der Waals surface area contributed by atoms with Crippen LogP contribution in [0, 0.1) is 19.8 Å². The maximum Gasteiger partial charge on any atom is 0.208 e. The van der Waals surface area contributed by atoms with E-state index in [9.17, 15) is 0 Å². The molecule has 0 aromatic carbocycles. The largest absolute Gasteiger partial charge is 0.444 e. The van der Waals surface area contributed by atoms with Crippen molar-refractivity contribution in [3.05, 3.63) is 17.3 Å². The van der Waals surface area contributed by atoms with Crippen LogP contribution in [0.4, 0.5) is 0 Å². The number of hydrogen-bond acceptors (Lipinski definition) is 4. The minimum absolute atomic E-state index is 0.283. The topological polar surface area (TPSA) is 55.3 Å². The summed E-state index contributed by atoms with van der Waals surface area (Å²) in [6, 6.07) is 0.283. The number of oxazole rings is 1. The minimum Gasteiger partial charge on any atom is -0.444 e. The molecule has 0 bridgehead atoms. The zero-order valence-corrected chi connectivity index (χ0v) is 10.4. The normalized spacial score (nSPS) is 27.2. The van der Waals surface area contributed by atoms with Crippen molar-refractivity contribution in [3.63, 3.8) is 0 Å². The molecule has 0 saturated carbocycles. The fourth-order valence-corrected chi connectivity index (χ4v) is 2.11. The summed E-state index contributed by atoms with van der Waals surface area (Å²) in [5, 5.41) is 0. The van der Waals surface area contributed by atoms with Gasteiger partial charge in [0.15, 0.2) is 0 Å². The van der Waals surface area contributed by atoms with E-state index in [-0.39, 0.29) is 6.04 Å². The second kappa shape index (κ2) is 4.55. The lowest BCUT2D eigenvalue weighted by Gasteiger charge is -2.34. The van der Waals surface area contributed by atoms with Gasteiger partial charge < -0.3 is 10.2 Å². The first-order valence-corrected chi connectivity index (χ1v) is 5.97. The lowest BCUT2D eigenvalue weighted by molar-refractivity contribution is 0.150. The van der Waals surface area contributed by atoms with Gasteiger partial charge in [0.1, 0.15) is 5.76 Å². The minimum atomic E-state index is 0.283. The Morgan fingerprint density at radius 3 is 2.81 bits per heavy atom. The Bertz CT molecular complexity index is 342. The predicted molar refractivity (Wildman–Crippen MR) is 63.0 cm³/mol. The monoisotopic (exact) mass is 223 g/mol. The number of nitrogens with zero attached hydrogens (tertiary/aromatic N) is 2. The number of hydrogen-bond donors (Lipinski definition) is 1. The number of aromatic nitrogens is 1. The van der Waals surface area contributed by atoms with Crippen molar-refractivity contribution in [3.8, 4) is 0 Å². The van der Waals surface area contributed by atoms with Crippen molar-refractivity contribution < 1.29 is 4.42 Å². The number of nitrogens with two attached hydrogens (primary N) is 1. The molecular formula is C12H21N3O. The molecule has 2 heterocycles. The van der Waals surface area contributed by atoms with E-state index in [0.717, 1.165) is 37.0 Å². The van der Waals surface area contributed by atoms with Crippen molar-refractivity contribution in [2.75, 3.05) is 13.1 Å². The summed E-state index contributed by atoms with van der Waals surface area (Å²) in [5.41, 5.74) is 7.06.